The Morgan fingerprint density at radius 3 is 2.67 bits per heavy atom. The number of morpholine rings is 1. The van der Waals surface area contributed by atoms with E-state index in [1.807, 2.05) is 0 Å². The Morgan fingerprint density at radius 2 is 2.11 bits per heavy atom. The summed E-state index contributed by atoms with van der Waals surface area (Å²) < 4.78 is 5.22. The maximum atomic E-state index is 11.9. The van der Waals surface area contributed by atoms with Crippen LogP contribution in [0.4, 0.5) is 0 Å². The van der Waals surface area contributed by atoms with Gasteiger partial charge in [0, 0.05) is 13.1 Å². The molecule has 2 unspecified atom stereocenters. The molecule has 8 heteroatoms. The molecule has 5 N–H and O–H groups in total. The molecule has 0 aromatic rings. The van der Waals surface area contributed by atoms with E-state index in [0.29, 0.717) is 6.54 Å². The first-order valence-corrected chi connectivity index (χ1v) is 5.56. The van der Waals surface area contributed by atoms with Crippen LogP contribution in [0.15, 0.2) is 0 Å². The van der Waals surface area contributed by atoms with E-state index in [0.717, 1.165) is 0 Å². The lowest BCUT2D eigenvalue weighted by atomic mass is 10.1. The molecular formula is C10H17N3O5. The predicted molar refractivity (Wildman–Crippen MR) is 60.4 cm³/mol. The van der Waals surface area contributed by atoms with Gasteiger partial charge < -0.3 is 26.2 Å². The zero-order chi connectivity index (χ0) is 13.7. The minimum Gasteiger partial charge on any atom is -0.481 e. The second-order valence-electron chi connectivity index (χ2n) is 4.15. The molecule has 1 aliphatic rings. The standard InChI is InChI=1S/C10H17N3O5/c11-7(4-8(12)14)10(17)13-1-2-18-6(5-13)3-9(15)16/h6-7H,1-5,11H2,(H2,12,14)(H,15,16). The summed E-state index contributed by atoms with van der Waals surface area (Å²) in [4.78, 5) is 34.5. The van der Waals surface area contributed by atoms with Crippen molar-refractivity contribution in [3.63, 3.8) is 0 Å². The van der Waals surface area contributed by atoms with Crippen LogP contribution in [-0.2, 0) is 19.1 Å². The van der Waals surface area contributed by atoms with Crippen LogP contribution in [0.1, 0.15) is 12.8 Å². The summed E-state index contributed by atoms with van der Waals surface area (Å²) in [6.45, 7) is 0.756. The molecule has 0 radical (unpaired) electrons. The van der Waals surface area contributed by atoms with Crippen LogP contribution in [0, 0.1) is 0 Å². The molecule has 0 bridgehead atoms. The summed E-state index contributed by atoms with van der Waals surface area (Å²) in [5, 5.41) is 8.65. The third-order valence-corrected chi connectivity index (χ3v) is 2.59. The van der Waals surface area contributed by atoms with Gasteiger partial charge in [-0.25, -0.2) is 0 Å². The molecule has 102 valence electrons. The Balaban J connectivity index is 2.52. The van der Waals surface area contributed by atoms with Crippen LogP contribution in [0.25, 0.3) is 0 Å². The van der Waals surface area contributed by atoms with Gasteiger partial charge in [-0.05, 0) is 0 Å². The average molecular weight is 259 g/mol. The third kappa shape index (κ3) is 4.30. The first-order valence-electron chi connectivity index (χ1n) is 5.56. The first kappa shape index (κ1) is 14.4. The normalized spacial score (nSPS) is 21.4. The van der Waals surface area contributed by atoms with E-state index < -0.39 is 29.9 Å². The van der Waals surface area contributed by atoms with Crippen molar-refractivity contribution in [2.75, 3.05) is 19.7 Å². The van der Waals surface area contributed by atoms with Crippen LogP contribution in [0.3, 0.4) is 0 Å². The van der Waals surface area contributed by atoms with Crippen molar-refractivity contribution >= 4 is 17.8 Å². The Bertz CT molecular complexity index is 346. The molecule has 2 amide bonds. The number of nitrogens with two attached hydrogens (primary N) is 2. The van der Waals surface area contributed by atoms with Gasteiger partial charge in [-0.2, -0.15) is 0 Å². The van der Waals surface area contributed by atoms with Crippen molar-refractivity contribution in [1.82, 2.24) is 4.90 Å². The van der Waals surface area contributed by atoms with Gasteiger partial charge in [0.15, 0.2) is 0 Å². The number of amides is 2. The predicted octanol–water partition coefficient (Wildman–Crippen LogP) is -2.11. The lowest BCUT2D eigenvalue weighted by Crippen LogP contribution is -2.52. The number of carboxylic acid groups (broad SMARTS) is 1. The zero-order valence-corrected chi connectivity index (χ0v) is 9.87. The van der Waals surface area contributed by atoms with E-state index in [4.69, 9.17) is 21.3 Å². The van der Waals surface area contributed by atoms with Gasteiger partial charge in [0.05, 0.1) is 31.6 Å². The van der Waals surface area contributed by atoms with Gasteiger partial charge in [-0.1, -0.05) is 0 Å². The maximum Gasteiger partial charge on any atom is 0.306 e. The largest absolute Gasteiger partial charge is 0.481 e. The highest BCUT2D eigenvalue weighted by molar-refractivity contribution is 5.87. The summed E-state index contributed by atoms with van der Waals surface area (Å²) in [7, 11) is 0. The summed E-state index contributed by atoms with van der Waals surface area (Å²) in [6, 6.07) is -0.980. The fourth-order valence-electron chi connectivity index (χ4n) is 1.78. The highest BCUT2D eigenvalue weighted by atomic mass is 16.5. The SMILES string of the molecule is NC(=O)CC(N)C(=O)N1CCOC(CC(=O)O)C1. The van der Waals surface area contributed by atoms with Gasteiger partial charge >= 0.3 is 5.97 Å². The molecule has 1 fully saturated rings. The summed E-state index contributed by atoms with van der Waals surface area (Å²) in [5.41, 5.74) is 10.5. The van der Waals surface area contributed by atoms with E-state index in [1.54, 1.807) is 0 Å². The van der Waals surface area contributed by atoms with Crippen molar-refractivity contribution in [1.29, 1.82) is 0 Å². The van der Waals surface area contributed by atoms with Crippen molar-refractivity contribution in [3.8, 4) is 0 Å². The Labute approximate surface area is 104 Å². The monoisotopic (exact) mass is 259 g/mol. The van der Waals surface area contributed by atoms with E-state index in [2.05, 4.69) is 0 Å². The van der Waals surface area contributed by atoms with Crippen LogP contribution >= 0.6 is 0 Å². The summed E-state index contributed by atoms with van der Waals surface area (Å²) >= 11 is 0. The second-order valence-corrected chi connectivity index (χ2v) is 4.15. The summed E-state index contributed by atoms with van der Waals surface area (Å²) in [6.07, 6.45) is -0.935. The van der Waals surface area contributed by atoms with E-state index >= 15 is 0 Å². The number of rotatable bonds is 5. The molecule has 8 nitrogen and oxygen atoms in total. The van der Waals surface area contributed by atoms with Crippen LogP contribution in [-0.4, -0.2) is 59.6 Å². The highest BCUT2D eigenvalue weighted by Crippen LogP contribution is 2.10. The number of hydrogen-bond acceptors (Lipinski definition) is 5. The fourth-order valence-corrected chi connectivity index (χ4v) is 1.78. The molecule has 0 aliphatic carbocycles. The van der Waals surface area contributed by atoms with Crippen molar-refractivity contribution in [3.05, 3.63) is 0 Å². The van der Waals surface area contributed by atoms with Crippen LogP contribution in [0.2, 0.25) is 0 Å². The lowest BCUT2D eigenvalue weighted by molar-refractivity contribution is -0.148. The molecule has 18 heavy (non-hydrogen) atoms. The van der Waals surface area contributed by atoms with E-state index in [-0.39, 0.29) is 26.0 Å². The number of primary amides is 1. The van der Waals surface area contributed by atoms with Gasteiger partial charge in [0.1, 0.15) is 0 Å². The van der Waals surface area contributed by atoms with Crippen LogP contribution < -0.4 is 11.5 Å². The molecule has 0 saturated carbocycles. The number of carbonyl (C=O) groups is 3. The molecule has 2 atom stereocenters. The lowest BCUT2D eigenvalue weighted by Gasteiger charge is -2.33. The first-order chi connectivity index (χ1) is 8.40. The minimum absolute atomic E-state index is 0.164. The van der Waals surface area contributed by atoms with Crippen molar-refractivity contribution in [2.45, 2.75) is 25.0 Å². The van der Waals surface area contributed by atoms with Crippen LogP contribution in [0.5, 0.6) is 0 Å². The number of hydrogen-bond donors (Lipinski definition) is 3. The molecular weight excluding hydrogens is 242 g/mol. The molecule has 0 spiro atoms. The Kier molecular flexibility index (Phi) is 5.05. The van der Waals surface area contributed by atoms with Gasteiger partial charge in [-0.15, -0.1) is 0 Å². The van der Waals surface area contributed by atoms with Gasteiger partial charge in [0.25, 0.3) is 0 Å². The Hall–Kier alpha value is -1.67. The summed E-state index contributed by atoms with van der Waals surface area (Å²) in [5.74, 6) is -2.05. The third-order valence-electron chi connectivity index (χ3n) is 2.59. The average Bonchev–Trinajstić information content (AvgIpc) is 2.26. The molecule has 1 heterocycles. The van der Waals surface area contributed by atoms with E-state index in [9.17, 15) is 14.4 Å². The zero-order valence-electron chi connectivity index (χ0n) is 9.87. The van der Waals surface area contributed by atoms with Gasteiger partial charge in [0.2, 0.25) is 11.8 Å². The number of ether oxygens (including phenoxy) is 1. The van der Waals surface area contributed by atoms with Gasteiger partial charge in [-0.3, -0.25) is 14.4 Å². The number of carboxylic acids is 1. The van der Waals surface area contributed by atoms with Crippen molar-refractivity contribution < 1.29 is 24.2 Å². The number of nitrogens with zero attached hydrogens (tertiary/aromatic N) is 1. The highest BCUT2D eigenvalue weighted by Gasteiger charge is 2.29. The number of carbonyl (C=O) groups excluding carboxylic acids is 2. The molecule has 1 rings (SSSR count). The minimum atomic E-state index is -0.990. The topological polar surface area (TPSA) is 136 Å². The molecule has 0 aromatic heterocycles. The van der Waals surface area contributed by atoms with E-state index in [1.165, 1.54) is 4.90 Å². The fraction of sp³-hybridized carbons (Fsp3) is 0.700. The Morgan fingerprint density at radius 1 is 1.44 bits per heavy atom. The molecule has 1 aliphatic heterocycles. The quantitative estimate of drug-likeness (QED) is 0.517. The second kappa shape index (κ2) is 6.31. The number of aliphatic carboxylic acids is 1. The maximum absolute atomic E-state index is 11.9. The molecule has 1 saturated heterocycles. The smallest absolute Gasteiger partial charge is 0.306 e. The van der Waals surface area contributed by atoms with Crippen molar-refractivity contribution in [2.24, 2.45) is 11.5 Å². The molecule has 0 aromatic carbocycles.